The van der Waals surface area contributed by atoms with Gasteiger partial charge in [0.25, 0.3) is 0 Å². The molecule has 0 radical (unpaired) electrons. The number of para-hydroxylation sites is 1. The Labute approximate surface area is 201 Å². The molecule has 34 heavy (non-hydrogen) atoms. The van der Waals surface area contributed by atoms with Crippen LogP contribution in [0.2, 0.25) is 0 Å². The van der Waals surface area contributed by atoms with E-state index in [1.54, 1.807) is 19.1 Å². The summed E-state index contributed by atoms with van der Waals surface area (Å²) >= 11 is 0. The number of rotatable bonds is 12. The SMILES string of the molecule is CNC(=O)[C@@H](Cc1ccccc1)N(Cc1cccc(OC)c1)C(=O)CCCOc1ccccc1. The molecule has 0 bridgehead atoms. The average Bonchev–Trinajstić information content (AvgIpc) is 2.89. The second kappa shape index (κ2) is 13.0. The van der Waals surface area contributed by atoms with Crippen LogP contribution in [0.4, 0.5) is 0 Å². The zero-order chi connectivity index (χ0) is 24.2. The molecule has 0 saturated carbocycles. The summed E-state index contributed by atoms with van der Waals surface area (Å²) in [6.45, 7) is 0.729. The standard InChI is InChI=1S/C28H32N2O4/c1-29-28(32)26(20-22-11-5-3-6-12-22)30(21-23-13-9-16-25(19-23)33-2)27(31)17-10-18-34-24-14-7-4-8-15-24/h3-9,11-16,19,26H,10,17-18,20-21H2,1-2H3,(H,29,32)/t26-/m1/s1. The molecule has 0 aromatic heterocycles. The largest absolute Gasteiger partial charge is 0.497 e. The van der Waals surface area contributed by atoms with Gasteiger partial charge in [0.15, 0.2) is 0 Å². The number of hydrogen-bond donors (Lipinski definition) is 1. The van der Waals surface area contributed by atoms with Crippen molar-refractivity contribution in [1.82, 2.24) is 10.2 Å². The number of methoxy groups -OCH3 is 1. The maximum atomic E-state index is 13.4. The third kappa shape index (κ3) is 7.37. The molecule has 0 aliphatic rings. The van der Waals surface area contributed by atoms with Crippen molar-refractivity contribution in [2.24, 2.45) is 0 Å². The molecule has 0 unspecified atom stereocenters. The highest BCUT2D eigenvalue weighted by Gasteiger charge is 2.29. The zero-order valence-electron chi connectivity index (χ0n) is 19.8. The van der Waals surface area contributed by atoms with E-state index < -0.39 is 6.04 Å². The molecule has 0 aliphatic heterocycles. The van der Waals surface area contributed by atoms with Gasteiger partial charge in [-0.25, -0.2) is 0 Å². The minimum Gasteiger partial charge on any atom is -0.497 e. The van der Waals surface area contributed by atoms with Gasteiger partial charge in [-0.2, -0.15) is 0 Å². The van der Waals surface area contributed by atoms with Crippen LogP contribution < -0.4 is 14.8 Å². The number of amides is 2. The van der Waals surface area contributed by atoms with Gasteiger partial charge in [0.2, 0.25) is 11.8 Å². The zero-order valence-corrected chi connectivity index (χ0v) is 19.8. The first-order chi connectivity index (χ1) is 16.6. The fourth-order valence-corrected chi connectivity index (χ4v) is 3.76. The molecule has 3 aromatic rings. The van der Waals surface area contributed by atoms with E-state index >= 15 is 0 Å². The topological polar surface area (TPSA) is 67.9 Å². The lowest BCUT2D eigenvalue weighted by atomic mass is 10.0. The Kier molecular flexibility index (Phi) is 9.52. The maximum Gasteiger partial charge on any atom is 0.242 e. The number of nitrogens with zero attached hydrogens (tertiary/aromatic N) is 1. The van der Waals surface area contributed by atoms with E-state index in [4.69, 9.17) is 9.47 Å². The van der Waals surface area contributed by atoms with Gasteiger partial charge in [-0.05, 0) is 41.8 Å². The quantitative estimate of drug-likeness (QED) is 0.411. The molecule has 0 saturated heterocycles. The molecule has 1 N–H and O–H groups in total. The monoisotopic (exact) mass is 460 g/mol. The smallest absolute Gasteiger partial charge is 0.242 e. The van der Waals surface area contributed by atoms with Crippen molar-refractivity contribution in [2.45, 2.75) is 31.8 Å². The molecule has 0 heterocycles. The molecule has 3 rings (SSSR count). The van der Waals surface area contributed by atoms with Gasteiger partial charge >= 0.3 is 0 Å². The van der Waals surface area contributed by atoms with Crippen molar-refractivity contribution in [1.29, 1.82) is 0 Å². The summed E-state index contributed by atoms with van der Waals surface area (Å²) < 4.78 is 11.1. The first-order valence-electron chi connectivity index (χ1n) is 11.5. The van der Waals surface area contributed by atoms with Crippen molar-refractivity contribution in [3.8, 4) is 11.5 Å². The van der Waals surface area contributed by atoms with Crippen LogP contribution in [-0.4, -0.2) is 43.5 Å². The van der Waals surface area contributed by atoms with E-state index in [0.717, 1.165) is 16.9 Å². The number of ether oxygens (including phenoxy) is 2. The summed E-state index contributed by atoms with van der Waals surface area (Å²) in [5, 5.41) is 2.74. The molecule has 6 nitrogen and oxygen atoms in total. The van der Waals surface area contributed by atoms with Crippen molar-refractivity contribution >= 4 is 11.8 Å². The molecule has 0 spiro atoms. The van der Waals surface area contributed by atoms with Crippen molar-refractivity contribution in [3.63, 3.8) is 0 Å². The number of hydrogen-bond acceptors (Lipinski definition) is 4. The van der Waals surface area contributed by atoms with Crippen LogP contribution in [0, 0.1) is 0 Å². The summed E-state index contributed by atoms with van der Waals surface area (Å²) in [6.07, 6.45) is 1.25. The normalized spacial score (nSPS) is 11.4. The molecular weight excluding hydrogens is 428 g/mol. The van der Waals surface area contributed by atoms with E-state index in [0.29, 0.717) is 31.7 Å². The fraction of sp³-hybridized carbons (Fsp3) is 0.286. The summed E-state index contributed by atoms with van der Waals surface area (Å²) in [6, 6.07) is 26.2. The number of benzene rings is 3. The van der Waals surface area contributed by atoms with Gasteiger partial charge in [-0.15, -0.1) is 0 Å². The Morgan fingerprint density at radius 2 is 1.53 bits per heavy atom. The highest BCUT2D eigenvalue weighted by molar-refractivity contribution is 5.87. The van der Waals surface area contributed by atoms with Crippen LogP contribution in [-0.2, 0) is 22.6 Å². The summed E-state index contributed by atoms with van der Waals surface area (Å²) in [4.78, 5) is 28.0. The van der Waals surface area contributed by atoms with Crippen molar-refractivity contribution in [2.75, 3.05) is 20.8 Å². The molecule has 2 amide bonds. The number of likely N-dealkylation sites (N-methyl/N-ethyl adjacent to an activating group) is 1. The lowest BCUT2D eigenvalue weighted by Gasteiger charge is -2.31. The van der Waals surface area contributed by atoms with Crippen LogP contribution in [0.3, 0.4) is 0 Å². The van der Waals surface area contributed by atoms with Crippen LogP contribution in [0.1, 0.15) is 24.0 Å². The molecule has 1 atom stereocenters. The maximum absolute atomic E-state index is 13.4. The highest BCUT2D eigenvalue weighted by Crippen LogP contribution is 2.19. The predicted octanol–water partition coefficient (Wildman–Crippen LogP) is 4.24. The van der Waals surface area contributed by atoms with Gasteiger partial charge in [-0.3, -0.25) is 9.59 Å². The third-order valence-corrected chi connectivity index (χ3v) is 5.55. The van der Waals surface area contributed by atoms with E-state index in [2.05, 4.69) is 5.32 Å². The number of carbonyl (C=O) groups is 2. The van der Waals surface area contributed by atoms with Gasteiger partial charge in [0.05, 0.1) is 13.7 Å². The Bertz CT molecular complexity index is 1040. The highest BCUT2D eigenvalue weighted by atomic mass is 16.5. The summed E-state index contributed by atoms with van der Waals surface area (Å²) in [5.74, 6) is 1.20. The van der Waals surface area contributed by atoms with Crippen LogP contribution in [0.5, 0.6) is 11.5 Å². The van der Waals surface area contributed by atoms with Crippen LogP contribution >= 0.6 is 0 Å². The molecule has 6 heteroatoms. The minimum atomic E-state index is -0.638. The lowest BCUT2D eigenvalue weighted by Crippen LogP contribution is -2.49. The third-order valence-electron chi connectivity index (χ3n) is 5.55. The Morgan fingerprint density at radius 1 is 0.882 bits per heavy atom. The second-order valence-electron chi connectivity index (χ2n) is 7.96. The van der Waals surface area contributed by atoms with Crippen LogP contribution in [0.15, 0.2) is 84.9 Å². The molecule has 3 aromatic carbocycles. The van der Waals surface area contributed by atoms with Gasteiger partial charge in [0.1, 0.15) is 17.5 Å². The number of carbonyl (C=O) groups excluding carboxylic acids is 2. The Balaban J connectivity index is 1.77. The number of nitrogens with one attached hydrogen (secondary N) is 1. The summed E-state index contributed by atoms with van der Waals surface area (Å²) in [5.41, 5.74) is 1.89. The Morgan fingerprint density at radius 3 is 2.21 bits per heavy atom. The van der Waals surface area contributed by atoms with Crippen molar-refractivity contribution < 1.29 is 19.1 Å². The first-order valence-corrected chi connectivity index (χ1v) is 11.5. The van der Waals surface area contributed by atoms with E-state index in [1.807, 2.05) is 84.9 Å². The first kappa shape index (κ1) is 24.8. The molecule has 0 fully saturated rings. The van der Waals surface area contributed by atoms with Gasteiger partial charge in [0, 0.05) is 26.4 Å². The fourth-order valence-electron chi connectivity index (χ4n) is 3.76. The summed E-state index contributed by atoms with van der Waals surface area (Å²) in [7, 11) is 3.21. The van der Waals surface area contributed by atoms with Crippen LogP contribution in [0.25, 0.3) is 0 Å². The van der Waals surface area contributed by atoms with E-state index in [1.165, 1.54) is 0 Å². The van der Waals surface area contributed by atoms with Gasteiger partial charge in [-0.1, -0.05) is 60.7 Å². The van der Waals surface area contributed by atoms with E-state index in [9.17, 15) is 9.59 Å². The molecule has 0 aliphatic carbocycles. The van der Waals surface area contributed by atoms with Gasteiger partial charge < -0.3 is 19.7 Å². The molecular formula is C28H32N2O4. The molecule has 178 valence electrons. The second-order valence-corrected chi connectivity index (χ2v) is 7.96. The minimum absolute atomic E-state index is 0.0935. The Hall–Kier alpha value is -3.80. The van der Waals surface area contributed by atoms with E-state index in [-0.39, 0.29) is 18.2 Å². The average molecular weight is 461 g/mol. The van der Waals surface area contributed by atoms with Crippen molar-refractivity contribution in [3.05, 3.63) is 96.1 Å². The lowest BCUT2D eigenvalue weighted by molar-refractivity contribution is -0.141. The predicted molar refractivity (Wildman–Crippen MR) is 133 cm³/mol.